The normalized spacial score (nSPS) is 14.5. The second kappa shape index (κ2) is 18.8. The Kier molecular flexibility index (Phi) is 13.4. The molecule has 304 valence electrons. The van der Waals surface area contributed by atoms with Gasteiger partial charge in [0.25, 0.3) is 11.8 Å². The summed E-state index contributed by atoms with van der Waals surface area (Å²) in [4.78, 5) is 66.4. The maximum atomic E-state index is 14.1. The summed E-state index contributed by atoms with van der Waals surface area (Å²) in [5.41, 5.74) is 4.17. The molecule has 0 spiro atoms. The molecule has 5 aromatic rings. The van der Waals surface area contributed by atoms with Crippen molar-refractivity contribution in [3.05, 3.63) is 113 Å². The minimum absolute atomic E-state index is 0.0140. The molecule has 1 aliphatic heterocycles. The van der Waals surface area contributed by atoms with Crippen LogP contribution in [0, 0.1) is 0 Å². The van der Waals surface area contributed by atoms with Gasteiger partial charge in [0.05, 0.1) is 41.0 Å². The number of carbonyl (C=O) groups is 4. The van der Waals surface area contributed by atoms with Crippen LogP contribution in [0.3, 0.4) is 0 Å². The van der Waals surface area contributed by atoms with Crippen molar-refractivity contribution in [2.24, 2.45) is 10.2 Å². The second-order valence-corrected chi connectivity index (χ2v) is 15.4. The quantitative estimate of drug-likeness (QED) is 0.0385. The van der Waals surface area contributed by atoms with Crippen molar-refractivity contribution in [3.63, 3.8) is 0 Å². The van der Waals surface area contributed by atoms with Crippen LogP contribution in [0.2, 0.25) is 0 Å². The topological polar surface area (TPSA) is 246 Å². The number of benzene rings is 3. The number of aromatic amines is 1. The van der Waals surface area contributed by atoms with Crippen LogP contribution in [0.15, 0.2) is 100 Å². The number of fused-ring (bicyclic) bond motifs is 2. The SMILES string of the molecule is CN1Cc2cc(C(=O)N(CCCCCCNC(=O)c3ccc(N=NCc4ccccc4S(O)(O)O)nc3)Cc3nc4ccccc4[nH]3)ccc2N[C@H](CC(=O)O)C1=O. The first-order valence-corrected chi connectivity index (χ1v) is 20.2. The van der Waals surface area contributed by atoms with Crippen molar-refractivity contribution in [3.8, 4) is 0 Å². The van der Waals surface area contributed by atoms with Gasteiger partial charge in [-0.15, -0.1) is 5.11 Å². The maximum Gasteiger partial charge on any atom is 0.305 e. The lowest BCUT2D eigenvalue weighted by molar-refractivity contribution is -0.141. The first-order chi connectivity index (χ1) is 27.9. The highest BCUT2D eigenvalue weighted by atomic mass is 32.3. The van der Waals surface area contributed by atoms with Crippen molar-refractivity contribution in [1.82, 2.24) is 30.1 Å². The van der Waals surface area contributed by atoms with Gasteiger partial charge in [-0.3, -0.25) is 19.2 Å². The summed E-state index contributed by atoms with van der Waals surface area (Å²) in [6, 6.07) is 21.3. The number of azo groups is 1. The molecule has 0 fully saturated rings. The number of pyridine rings is 1. The van der Waals surface area contributed by atoms with E-state index < -0.39 is 22.9 Å². The lowest BCUT2D eigenvalue weighted by Crippen LogP contribution is -2.39. The Balaban J connectivity index is 1.00. The number of carboxylic acid groups (broad SMARTS) is 1. The van der Waals surface area contributed by atoms with E-state index in [1.165, 1.54) is 17.2 Å². The Morgan fingerprint density at radius 1 is 0.966 bits per heavy atom. The fraction of sp³-hybridized carbons (Fsp3) is 0.300. The Labute approximate surface area is 335 Å². The van der Waals surface area contributed by atoms with Crippen LogP contribution in [0.5, 0.6) is 0 Å². The molecule has 0 bridgehead atoms. The third kappa shape index (κ3) is 10.8. The fourth-order valence-electron chi connectivity index (χ4n) is 6.61. The Morgan fingerprint density at radius 3 is 2.48 bits per heavy atom. The number of imidazole rings is 1. The van der Waals surface area contributed by atoms with E-state index in [1.54, 1.807) is 60.5 Å². The number of hydrogen-bond donors (Lipinski definition) is 7. The van der Waals surface area contributed by atoms with Crippen molar-refractivity contribution in [1.29, 1.82) is 0 Å². The molecule has 3 aromatic carbocycles. The number of anilines is 1. The predicted octanol–water partition coefficient (Wildman–Crippen LogP) is 6.68. The van der Waals surface area contributed by atoms with Gasteiger partial charge in [0.2, 0.25) is 5.91 Å². The summed E-state index contributed by atoms with van der Waals surface area (Å²) < 4.78 is 28.9. The van der Waals surface area contributed by atoms with E-state index >= 15 is 0 Å². The smallest absolute Gasteiger partial charge is 0.305 e. The van der Waals surface area contributed by atoms with Crippen molar-refractivity contribution >= 4 is 57.1 Å². The summed E-state index contributed by atoms with van der Waals surface area (Å²) in [6.45, 7) is 1.34. The third-order valence-electron chi connectivity index (χ3n) is 9.54. The highest BCUT2D eigenvalue weighted by Crippen LogP contribution is 2.45. The highest BCUT2D eigenvalue weighted by molar-refractivity contribution is 8.19. The number of amides is 3. The van der Waals surface area contributed by atoms with Crippen LogP contribution in [0.4, 0.5) is 11.5 Å². The van der Waals surface area contributed by atoms with Gasteiger partial charge >= 0.3 is 5.97 Å². The van der Waals surface area contributed by atoms with Crippen LogP contribution in [-0.4, -0.2) is 93.4 Å². The molecule has 1 aliphatic rings. The molecule has 18 heteroatoms. The summed E-state index contributed by atoms with van der Waals surface area (Å²) in [5, 5.41) is 23.3. The number of nitrogens with zero attached hydrogens (tertiary/aromatic N) is 6. The molecular formula is C40H45N9O8S. The van der Waals surface area contributed by atoms with E-state index in [0.717, 1.165) is 30.3 Å². The first kappa shape index (κ1) is 41.4. The van der Waals surface area contributed by atoms with Crippen molar-refractivity contribution < 1.29 is 37.9 Å². The average molecular weight is 812 g/mol. The number of nitrogens with one attached hydrogen (secondary N) is 3. The molecule has 0 saturated heterocycles. The van der Waals surface area contributed by atoms with Crippen LogP contribution < -0.4 is 10.6 Å². The number of aliphatic carboxylic acids is 1. The number of carboxylic acids is 1. The van der Waals surface area contributed by atoms with Gasteiger partial charge < -0.3 is 44.2 Å². The van der Waals surface area contributed by atoms with E-state index in [9.17, 15) is 37.9 Å². The molecule has 17 nitrogen and oxygen atoms in total. The molecule has 0 saturated carbocycles. The number of aromatic nitrogens is 3. The molecule has 0 radical (unpaired) electrons. The minimum atomic E-state index is -3.90. The first-order valence-electron chi connectivity index (χ1n) is 18.6. The van der Waals surface area contributed by atoms with Gasteiger partial charge in [0.1, 0.15) is 22.7 Å². The van der Waals surface area contributed by atoms with Gasteiger partial charge in [-0.1, -0.05) is 43.2 Å². The van der Waals surface area contributed by atoms with E-state index in [4.69, 9.17) is 0 Å². The Morgan fingerprint density at radius 2 is 1.72 bits per heavy atom. The molecule has 3 heterocycles. The number of hydrogen-bond acceptors (Lipinski definition) is 12. The van der Waals surface area contributed by atoms with Gasteiger partial charge in [0, 0.05) is 44.1 Å². The number of para-hydroxylation sites is 2. The molecule has 0 aliphatic carbocycles. The van der Waals surface area contributed by atoms with Crippen molar-refractivity contribution in [2.75, 3.05) is 25.5 Å². The molecule has 58 heavy (non-hydrogen) atoms. The molecule has 2 aromatic heterocycles. The molecule has 1 atom stereocenters. The van der Waals surface area contributed by atoms with Gasteiger partial charge in [-0.05, 0) is 72.5 Å². The maximum absolute atomic E-state index is 14.1. The number of carbonyl (C=O) groups excluding carboxylic acids is 3. The zero-order chi connectivity index (χ0) is 41.2. The zero-order valence-electron chi connectivity index (χ0n) is 31.7. The fourth-order valence-corrected chi connectivity index (χ4v) is 7.35. The third-order valence-corrected chi connectivity index (χ3v) is 10.5. The van der Waals surface area contributed by atoms with Crippen LogP contribution in [0.25, 0.3) is 11.0 Å². The van der Waals surface area contributed by atoms with E-state index in [-0.39, 0.29) is 54.5 Å². The van der Waals surface area contributed by atoms with Gasteiger partial charge in [-0.25, -0.2) is 9.97 Å². The van der Waals surface area contributed by atoms with Gasteiger partial charge in [0.15, 0.2) is 5.82 Å². The van der Waals surface area contributed by atoms with Crippen molar-refractivity contribution in [2.45, 2.75) is 62.7 Å². The van der Waals surface area contributed by atoms with Crippen LogP contribution in [-0.2, 0) is 29.2 Å². The summed E-state index contributed by atoms with van der Waals surface area (Å²) >= 11 is 0. The standard InChI is InChI=1S/C40H45N9O8S/c1-48-24-29-20-26(14-16-30(29)44-33(40(48)54)21-37(50)51)39(53)49(25-36-45-31-11-5-6-12-32(31)46-36)19-9-3-2-8-18-41-38(52)28-15-17-35(42-22-28)47-43-23-27-10-4-7-13-34(27)58(55,56)57/h4-7,10-17,20,22,33,44,55-57H,2-3,8-9,18-19,21,23-25H2,1H3,(H,41,52)(H,45,46)(H,50,51)/t33-/m1/s1. The molecular weight excluding hydrogens is 767 g/mol. The average Bonchev–Trinajstić information content (AvgIpc) is 3.57. The summed E-state index contributed by atoms with van der Waals surface area (Å²) in [5.74, 6) is -1.02. The molecule has 7 N–H and O–H groups in total. The second-order valence-electron chi connectivity index (χ2n) is 13.9. The van der Waals surface area contributed by atoms with Crippen LogP contribution in [0.1, 0.15) is 69.8 Å². The Bertz CT molecular complexity index is 2260. The number of likely N-dealkylation sites (N-methyl/N-ethyl adjacent to an activating group) is 1. The number of rotatable bonds is 17. The highest BCUT2D eigenvalue weighted by Gasteiger charge is 2.30. The molecule has 6 rings (SSSR count). The lowest BCUT2D eigenvalue weighted by Gasteiger charge is -2.23. The summed E-state index contributed by atoms with van der Waals surface area (Å²) in [6.07, 6.45) is 4.05. The van der Waals surface area contributed by atoms with E-state index in [1.807, 2.05) is 24.3 Å². The number of unbranched alkanes of at least 4 members (excludes halogenated alkanes) is 3. The molecule has 0 unspecified atom stereocenters. The minimum Gasteiger partial charge on any atom is -0.481 e. The van der Waals surface area contributed by atoms with Crippen LogP contribution >= 0.6 is 10.9 Å². The largest absolute Gasteiger partial charge is 0.481 e. The summed E-state index contributed by atoms with van der Waals surface area (Å²) in [7, 11) is -2.29. The predicted molar refractivity (Wildman–Crippen MR) is 217 cm³/mol. The molecule has 3 amide bonds. The van der Waals surface area contributed by atoms with E-state index in [2.05, 4.69) is 35.8 Å². The van der Waals surface area contributed by atoms with Gasteiger partial charge in [-0.2, -0.15) is 5.11 Å². The lowest BCUT2D eigenvalue weighted by atomic mass is 10.1. The number of H-pyrrole nitrogens is 1. The van der Waals surface area contributed by atoms with E-state index in [0.29, 0.717) is 53.3 Å². The zero-order valence-corrected chi connectivity index (χ0v) is 32.6. The Hall–Kier alpha value is -6.21. The monoisotopic (exact) mass is 811 g/mol.